The zero-order chi connectivity index (χ0) is 30.7. The van der Waals surface area contributed by atoms with E-state index in [4.69, 9.17) is 4.42 Å². The molecule has 4 rings (SSSR count). The minimum atomic E-state index is -0.274. The van der Waals surface area contributed by atoms with Gasteiger partial charge in [-0.25, -0.2) is 4.39 Å². The largest absolute Gasteiger partial charge is 0.456 e. The van der Waals surface area contributed by atoms with E-state index < -0.39 is 0 Å². The Balaban J connectivity index is 1.55. The predicted molar refractivity (Wildman–Crippen MR) is 171 cm³/mol. The van der Waals surface area contributed by atoms with E-state index in [2.05, 4.69) is 72.4 Å². The highest BCUT2D eigenvalue weighted by atomic mass is 19.1. The van der Waals surface area contributed by atoms with Crippen LogP contribution in [0.4, 0.5) is 4.39 Å². The normalized spacial score (nSPS) is 16.3. The molecule has 1 aliphatic carbocycles. The Morgan fingerprint density at radius 3 is 2.19 bits per heavy atom. The molecule has 4 nitrogen and oxygen atoms in total. The number of hydrogen-bond acceptors (Lipinski definition) is 3. The maximum Gasteiger partial charge on any atom is 0.290 e. The van der Waals surface area contributed by atoms with Crippen molar-refractivity contribution in [2.24, 2.45) is 0 Å². The van der Waals surface area contributed by atoms with E-state index in [0.29, 0.717) is 18.7 Å². The molecule has 0 N–H and O–H groups in total. The van der Waals surface area contributed by atoms with Crippen molar-refractivity contribution in [2.75, 3.05) is 19.6 Å². The number of rotatable bonds is 12. The molecule has 0 saturated carbocycles. The van der Waals surface area contributed by atoms with Gasteiger partial charge in [0.2, 0.25) is 0 Å². The van der Waals surface area contributed by atoms with Gasteiger partial charge in [0.05, 0.1) is 0 Å². The zero-order valence-electron chi connectivity index (χ0n) is 27.1. The van der Waals surface area contributed by atoms with Gasteiger partial charge in [0.15, 0.2) is 5.76 Å². The molecule has 1 aromatic heterocycles. The first-order chi connectivity index (χ1) is 19.8. The van der Waals surface area contributed by atoms with Crippen LogP contribution in [0, 0.1) is 12.7 Å². The summed E-state index contributed by atoms with van der Waals surface area (Å²) in [5, 5.41) is 0. The lowest BCUT2D eigenvalue weighted by Crippen LogP contribution is -2.38. The minimum absolute atomic E-state index is 0.0140. The van der Waals surface area contributed by atoms with E-state index >= 15 is 0 Å². The molecule has 5 heteroatoms. The average Bonchev–Trinajstić information content (AvgIpc) is 3.42. The molecule has 1 atom stereocenters. The molecule has 42 heavy (non-hydrogen) atoms. The number of nitrogens with zero attached hydrogens (tertiary/aromatic N) is 2. The second-order valence-electron chi connectivity index (χ2n) is 13.6. The van der Waals surface area contributed by atoms with Gasteiger partial charge in [0.1, 0.15) is 11.6 Å². The summed E-state index contributed by atoms with van der Waals surface area (Å²) < 4.78 is 19.8. The summed E-state index contributed by atoms with van der Waals surface area (Å²) in [6.45, 7) is 21.5. The molecule has 1 unspecified atom stereocenters. The molecule has 0 fully saturated rings. The van der Waals surface area contributed by atoms with Crippen LogP contribution in [0.15, 0.2) is 52.9 Å². The highest BCUT2D eigenvalue weighted by molar-refractivity contribution is 5.91. The van der Waals surface area contributed by atoms with Crippen LogP contribution < -0.4 is 0 Å². The number of benzene rings is 2. The van der Waals surface area contributed by atoms with E-state index in [0.717, 1.165) is 43.8 Å². The topological polar surface area (TPSA) is 36.7 Å². The van der Waals surface area contributed by atoms with Gasteiger partial charge in [-0.3, -0.25) is 4.79 Å². The molecule has 1 amide bonds. The van der Waals surface area contributed by atoms with Crippen LogP contribution in [0.5, 0.6) is 0 Å². The summed E-state index contributed by atoms with van der Waals surface area (Å²) in [4.78, 5) is 18.2. The third kappa shape index (κ3) is 7.34. The second kappa shape index (κ2) is 13.2. The smallest absolute Gasteiger partial charge is 0.290 e. The first-order valence-corrected chi connectivity index (χ1v) is 15.9. The molecule has 228 valence electrons. The van der Waals surface area contributed by atoms with Crippen molar-refractivity contribution >= 4 is 5.91 Å². The van der Waals surface area contributed by atoms with Crippen LogP contribution in [-0.2, 0) is 23.8 Å². The second-order valence-corrected chi connectivity index (χ2v) is 13.6. The quantitative estimate of drug-likeness (QED) is 0.217. The van der Waals surface area contributed by atoms with Crippen LogP contribution in [-0.4, -0.2) is 41.4 Å². The van der Waals surface area contributed by atoms with Gasteiger partial charge in [-0.2, -0.15) is 0 Å². The number of halogens is 1. The highest BCUT2D eigenvalue weighted by Crippen LogP contribution is 2.46. The fourth-order valence-corrected chi connectivity index (χ4v) is 6.39. The van der Waals surface area contributed by atoms with Crippen molar-refractivity contribution in [3.05, 3.63) is 93.7 Å². The van der Waals surface area contributed by atoms with Crippen LogP contribution in [0.3, 0.4) is 0 Å². The summed E-state index contributed by atoms with van der Waals surface area (Å²) in [5.41, 5.74) is 6.63. The lowest BCUT2D eigenvalue weighted by Gasteiger charge is -2.42. The number of fused-ring (bicyclic) bond motifs is 1. The summed E-state index contributed by atoms with van der Waals surface area (Å²) >= 11 is 0. The number of carbonyl (C=O) groups is 1. The van der Waals surface area contributed by atoms with Crippen LogP contribution in [0.1, 0.15) is 118 Å². The van der Waals surface area contributed by atoms with Gasteiger partial charge in [0, 0.05) is 19.0 Å². The van der Waals surface area contributed by atoms with Gasteiger partial charge in [-0.15, -0.1) is 0 Å². The van der Waals surface area contributed by atoms with E-state index in [1.54, 1.807) is 12.1 Å². The molecule has 0 saturated heterocycles. The molecule has 0 radical (unpaired) electrons. The van der Waals surface area contributed by atoms with E-state index in [9.17, 15) is 9.18 Å². The third-order valence-electron chi connectivity index (χ3n) is 9.60. The Kier molecular flexibility index (Phi) is 10.0. The highest BCUT2D eigenvalue weighted by Gasteiger charge is 2.37. The zero-order valence-corrected chi connectivity index (χ0v) is 27.1. The third-order valence-corrected chi connectivity index (χ3v) is 9.60. The summed E-state index contributed by atoms with van der Waals surface area (Å²) in [6.07, 6.45) is 4.91. The number of aryl methyl sites for hydroxylation is 1. The van der Waals surface area contributed by atoms with Gasteiger partial charge in [-0.05, 0) is 122 Å². The average molecular weight is 575 g/mol. The molecule has 0 aliphatic heterocycles. The van der Waals surface area contributed by atoms with Gasteiger partial charge in [0.25, 0.3) is 5.91 Å². The molecular weight excluding hydrogens is 523 g/mol. The molecule has 1 heterocycles. The molecular formula is C37H51FN2O2. The molecule has 1 aliphatic rings. The molecule has 3 aromatic rings. The van der Waals surface area contributed by atoms with Gasteiger partial charge < -0.3 is 14.2 Å². The SMILES string of the molecule is CCN(CC)CCCC(C)N(Cc1ccc(F)cc1)C(=O)c1ccc(Cc2cc3c(cc2C)C(C)(C)CCC3(C)C)o1. The summed E-state index contributed by atoms with van der Waals surface area (Å²) in [5.74, 6) is 0.764. The Hall–Kier alpha value is -2.92. The van der Waals surface area contributed by atoms with Crippen molar-refractivity contribution in [1.82, 2.24) is 9.80 Å². The standard InChI is InChI=1S/C37H51FN2O2/c1-9-39(10-2)21-11-12-27(4)40(25-28-13-15-30(38)16-14-28)35(41)34-18-17-31(42-34)23-29-24-33-32(22-26(29)3)36(5,6)19-20-37(33,7)8/h13-18,22,24,27H,9-12,19-21,23,25H2,1-8H3. The Morgan fingerprint density at radius 1 is 0.952 bits per heavy atom. The van der Waals surface area contributed by atoms with Crippen molar-refractivity contribution in [2.45, 2.75) is 111 Å². The van der Waals surface area contributed by atoms with Crippen molar-refractivity contribution in [1.29, 1.82) is 0 Å². The number of carbonyl (C=O) groups excluding carboxylic acids is 1. The number of amides is 1. The lowest BCUT2D eigenvalue weighted by atomic mass is 9.62. The van der Waals surface area contributed by atoms with Crippen molar-refractivity contribution in [3.63, 3.8) is 0 Å². The lowest BCUT2D eigenvalue weighted by molar-refractivity contribution is 0.0627. The predicted octanol–water partition coefficient (Wildman–Crippen LogP) is 8.82. The van der Waals surface area contributed by atoms with E-state index in [1.807, 2.05) is 17.0 Å². The first kappa shape index (κ1) is 32.0. The van der Waals surface area contributed by atoms with Crippen LogP contribution in [0.2, 0.25) is 0 Å². The summed E-state index contributed by atoms with van der Waals surface area (Å²) in [6, 6.07) is 15.0. The number of hydrogen-bond donors (Lipinski definition) is 0. The van der Waals surface area contributed by atoms with Crippen LogP contribution >= 0.6 is 0 Å². The minimum Gasteiger partial charge on any atom is -0.456 e. The fourth-order valence-electron chi connectivity index (χ4n) is 6.39. The monoisotopic (exact) mass is 574 g/mol. The van der Waals surface area contributed by atoms with Gasteiger partial charge >= 0.3 is 0 Å². The van der Waals surface area contributed by atoms with Crippen molar-refractivity contribution < 1.29 is 13.6 Å². The van der Waals surface area contributed by atoms with E-state index in [-0.39, 0.29) is 28.6 Å². The van der Waals surface area contributed by atoms with Crippen LogP contribution in [0.25, 0.3) is 0 Å². The van der Waals surface area contributed by atoms with Gasteiger partial charge in [-0.1, -0.05) is 65.8 Å². The Morgan fingerprint density at radius 2 is 1.57 bits per heavy atom. The summed E-state index contributed by atoms with van der Waals surface area (Å²) in [7, 11) is 0. The van der Waals surface area contributed by atoms with Crippen molar-refractivity contribution in [3.8, 4) is 0 Å². The molecule has 0 spiro atoms. The Bertz CT molecular complexity index is 1350. The molecule has 0 bridgehead atoms. The van der Waals surface area contributed by atoms with E-state index in [1.165, 1.54) is 47.2 Å². The maximum atomic E-state index is 13.9. The number of furan rings is 1. The Labute approximate surface area is 253 Å². The first-order valence-electron chi connectivity index (χ1n) is 15.9. The molecule has 2 aromatic carbocycles. The fraction of sp³-hybridized carbons (Fsp3) is 0.541. The maximum absolute atomic E-state index is 13.9.